The van der Waals surface area contributed by atoms with Crippen molar-refractivity contribution in [3.8, 4) is 0 Å². The minimum absolute atomic E-state index is 0.511. The summed E-state index contributed by atoms with van der Waals surface area (Å²) in [6.07, 6.45) is 1.70. The van der Waals surface area contributed by atoms with Crippen molar-refractivity contribution in [2.45, 2.75) is 0 Å². The highest BCUT2D eigenvalue weighted by atomic mass is 79.9. The van der Waals surface area contributed by atoms with Crippen molar-refractivity contribution in [2.24, 2.45) is 0 Å². The monoisotopic (exact) mass is 341 g/mol. The Hall–Kier alpha value is -1.07. The van der Waals surface area contributed by atoms with E-state index in [1.165, 1.54) is 0 Å². The number of aromatic nitrogens is 1. The highest BCUT2D eigenvalue weighted by molar-refractivity contribution is 9.11. The number of nitrogen functional groups attached to an aromatic ring is 1. The van der Waals surface area contributed by atoms with Gasteiger partial charge in [0.15, 0.2) is 0 Å². The molecule has 2 aromatic rings. The maximum absolute atomic E-state index is 5.52. The summed E-state index contributed by atoms with van der Waals surface area (Å²) in [5.41, 5.74) is 7.38. The van der Waals surface area contributed by atoms with Gasteiger partial charge in [-0.2, -0.15) is 0 Å². The Kier molecular flexibility index (Phi) is 3.46. The van der Waals surface area contributed by atoms with Crippen LogP contribution in [0.5, 0.6) is 0 Å². The van der Waals surface area contributed by atoms with Gasteiger partial charge in [-0.15, -0.1) is 0 Å². The standard InChI is InChI=1S/C11H9Br2N3/c12-8-2-1-3-9(13)11(8)16-7-4-5-10(14)15-6-7/h1-6,16H,(H2,14,15). The van der Waals surface area contributed by atoms with Crippen LogP contribution in [-0.2, 0) is 0 Å². The van der Waals surface area contributed by atoms with Crippen LogP contribution >= 0.6 is 31.9 Å². The van der Waals surface area contributed by atoms with E-state index in [1.807, 2.05) is 24.3 Å². The zero-order chi connectivity index (χ0) is 11.5. The third kappa shape index (κ3) is 2.54. The molecule has 0 radical (unpaired) electrons. The average molecular weight is 343 g/mol. The number of pyridine rings is 1. The second kappa shape index (κ2) is 4.84. The van der Waals surface area contributed by atoms with Gasteiger partial charge in [0.25, 0.3) is 0 Å². The van der Waals surface area contributed by atoms with E-state index >= 15 is 0 Å². The Morgan fingerprint density at radius 2 is 1.75 bits per heavy atom. The van der Waals surface area contributed by atoms with Gasteiger partial charge < -0.3 is 11.1 Å². The summed E-state index contributed by atoms with van der Waals surface area (Å²) in [6, 6.07) is 9.54. The third-order valence-electron chi connectivity index (χ3n) is 2.02. The van der Waals surface area contributed by atoms with Crippen LogP contribution in [-0.4, -0.2) is 4.98 Å². The Balaban J connectivity index is 2.30. The van der Waals surface area contributed by atoms with Crippen LogP contribution in [0.15, 0.2) is 45.5 Å². The van der Waals surface area contributed by atoms with Crippen LogP contribution in [0.4, 0.5) is 17.2 Å². The number of hydrogen-bond acceptors (Lipinski definition) is 3. The Labute approximate surface area is 110 Å². The van der Waals surface area contributed by atoms with E-state index in [1.54, 1.807) is 12.3 Å². The predicted octanol–water partition coefficient (Wildman–Crippen LogP) is 3.93. The molecule has 1 aromatic heterocycles. The molecule has 82 valence electrons. The number of rotatable bonds is 2. The first-order valence-electron chi connectivity index (χ1n) is 4.59. The quantitative estimate of drug-likeness (QED) is 0.869. The van der Waals surface area contributed by atoms with E-state index in [4.69, 9.17) is 5.73 Å². The highest BCUT2D eigenvalue weighted by Crippen LogP contribution is 2.32. The molecule has 1 aromatic carbocycles. The van der Waals surface area contributed by atoms with Crippen LogP contribution in [0.2, 0.25) is 0 Å². The molecule has 0 saturated carbocycles. The second-order valence-electron chi connectivity index (χ2n) is 3.19. The topological polar surface area (TPSA) is 50.9 Å². The van der Waals surface area contributed by atoms with Gasteiger partial charge >= 0.3 is 0 Å². The second-order valence-corrected chi connectivity index (χ2v) is 4.90. The van der Waals surface area contributed by atoms with Crippen molar-refractivity contribution in [3.63, 3.8) is 0 Å². The average Bonchev–Trinajstić information content (AvgIpc) is 2.26. The summed E-state index contributed by atoms with van der Waals surface area (Å²) in [4.78, 5) is 4.02. The molecule has 2 rings (SSSR count). The summed E-state index contributed by atoms with van der Waals surface area (Å²) in [7, 11) is 0. The lowest BCUT2D eigenvalue weighted by Crippen LogP contribution is -1.95. The minimum atomic E-state index is 0.511. The molecule has 1 heterocycles. The number of hydrogen-bond donors (Lipinski definition) is 2. The molecule has 0 atom stereocenters. The summed E-state index contributed by atoms with van der Waals surface area (Å²) < 4.78 is 1.97. The molecular weight excluding hydrogens is 334 g/mol. The van der Waals surface area contributed by atoms with E-state index in [0.717, 1.165) is 20.3 Å². The van der Waals surface area contributed by atoms with Crippen molar-refractivity contribution in [3.05, 3.63) is 45.5 Å². The number of anilines is 3. The summed E-state index contributed by atoms with van der Waals surface area (Å²) in [6.45, 7) is 0. The van der Waals surface area contributed by atoms with E-state index in [0.29, 0.717) is 5.82 Å². The van der Waals surface area contributed by atoms with Gasteiger partial charge in [0.2, 0.25) is 0 Å². The van der Waals surface area contributed by atoms with Gasteiger partial charge in [0, 0.05) is 8.95 Å². The molecule has 0 saturated heterocycles. The fourth-order valence-corrected chi connectivity index (χ4v) is 2.44. The number of halogens is 2. The van der Waals surface area contributed by atoms with Gasteiger partial charge in [0.05, 0.1) is 17.6 Å². The van der Waals surface area contributed by atoms with E-state index in [2.05, 4.69) is 42.2 Å². The molecule has 16 heavy (non-hydrogen) atoms. The molecule has 3 nitrogen and oxygen atoms in total. The Bertz CT molecular complexity index is 477. The van der Waals surface area contributed by atoms with Gasteiger partial charge in [0.1, 0.15) is 5.82 Å². The normalized spacial score (nSPS) is 10.1. The van der Waals surface area contributed by atoms with E-state index in [-0.39, 0.29) is 0 Å². The van der Waals surface area contributed by atoms with Crippen LogP contribution in [0, 0.1) is 0 Å². The number of benzene rings is 1. The lowest BCUT2D eigenvalue weighted by atomic mass is 10.3. The fourth-order valence-electron chi connectivity index (χ4n) is 1.24. The maximum atomic E-state index is 5.52. The number of para-hydroxylation sites is 1. The molecule has 0 amide bonds. The summed E-state index contributed by atoms with van der Waals surface area (Å²) in [5, 5.41) is 3.26. The molecule has 0 bridgehead atoms. The van der Waals surface area contributed by atoms with Gasteiger partial charge in [-0.25, -0.2) is 4.98 Å². The van der Waals surface area contributed by atoms with Crippen molar-refractivity contribution in [2.75, 3.05) is 11.1 Å². The Morgan fingerprint density at radius 1 is 1.06 bits per heavy atom. The van der Waals surface area contributed by atoms with Crippen molar-refractivity contribution >= 4 is 49.1 Å². The lowest BCUT2D eigenvalue weighted by Gasteiger charge is -2.10. The van der Waals surface area contributed by atoms with Gasteiger partial charge in [-0.1, -0.05) is 6.07 Å². The third-order valence-corrected chi connectivity index (χ3v) is 3.34. The molecular formula is C11H9Br2N3. The fraction of sp³-hybridized carbons (Fsp3) is 0. The van der Waals surface area contributed by atoms with Crippen LogP contribution in [0.3, 0.4) is 0 Å². The zero-order valence-electron chi connectivity index (χ0n) is 8.24. The molecule has 5 heteroatoms. The molecule has 0 fully saturated rings. The first kappa shape index (κ1) is 11.4. The molecule has 0 spiro atoms. The van der Waals surface area contributed by atoms with Gasteiger partial charge in [-0.05, 0) is 56.1 Å². The smallest absolute Gasteiger partial charge is 0.123 e. The largest absolute Gasteiger partial charge is 0.384 e. The van der Waals surface area contributed by atoms with E-state index < -0.39 is 0 Å². The molecule has 0 aliphatic rings. The first-order chi connectivity index (χ1) is 7.66. The molecule has 0 unspecified atom stereocenters. The van der Waals surface area contributed by atoms with Crippen LogP contribution in [0.1, 0.15) is 0 Å². The summed E-state index contributed by atoms with van der Waals surface area (Å²) in [5.74, 6) is 0.511. The predicted molar refractivity (Wildman–Crippen MR) is 73.8 cm³/mol. The maximum Gasteiger partial charge on any atom is 0.123 e. The Morgan fingerprint density at radius 3 is 2.31 bits per heavy atom. The van der Waals surface area contributed by atoms with E-state index in [9.17, 15) is 0 Å². The van der Waals surface area contributed by atoms with Crippen molar-refractivity contribution < 1.29 is 0 Å². The highest BCUT2D eigenvalue weighted by Gasteiger charge is 2.04. The molecule has 0 aliphatic heterocycles. The van der Waals surface area contributed by atoms with Crippen LogP contribution in [0.25, 0.3) is 0 Å². The number of nitrogens with one attached hydrogen (secondary N) is 1. The zero-order valence-corrected chi connectivity index (χ0v) is 11.4. The molecule has 3 N–H and O–H groups in total. The minimum Gasteiger partial charge on any atom is -0.384 e. The van der Waals surface area contributed by atoms with Gasteiger partial charge in [-0.3, -0.25) is 0 Å². The number of nitrogens with zero attached hydrogens (tertiary/aromatic N) is 1. The number of nitrogens with two attached hydrogens (primary N) is 1. The van der Waals surface area contributed by atoms with Crippen molar-refractivity contribution in [1.29, 1.82) is 0 Å². The lowest BCUT2D eigenvalue weighted by molar-refractivity contribution is 1.33. The van der Waals surface area contributed by atoms with Crippen molar-refractivity contribution in [1.82, 2.24) is 4.98 Å². The SMILES string of the molecule is Nc1ccc(Nc2c(Br)cccc2Br)cn1. The summed E-state index contributed by atoms with van der Waals surface area (Å²) >= 11 is 6.96. The first-order valence-corrected chi connectivity index (χ1v) is 6.18. The van der Waals surface area contributed by atoms with Crippen LogP contribution < -0.4 is 11.1 Å². The molecule has 0 aliphatic carbocycles.